The van der Waals surface area contributed by atoms with E-state index in [1.54, 1.807) is 0 Å². The quantitative estimate of drug-likeness (QED) is 0.617. The van der Waals surface area contributed by atoms with Gasteiger partial charge in [-0.05, 0) is 23.1 Å². The molecule has 0 aliphatic heterocycles. The molecule has 0 heterocycles. The lowest BCUT2D eigenvalue weighted by Gasteiger charge is -2.01. The van der Waals surface area contributed by atoms with Crippen LogP contribution >= 0.6 is 31.9 Å². The van der Waals surface area contributed by atoms with Crippen molar-refractivity contribution in [3.8, 4) is 0 Å². The third-order valence-electron chi connectivity index (χ3n) is 1.13. The smallest absolute Gasteiger partial charge is 0.0138 e. The standard InChI is InChI=1S/C7H6Br2/c8-5-6-1-3-7(9)4-2-6/h1,3-5H,2H2/b6-5-. The minimum atomic E-state index is 1.02. The third-order valence-corrected chi connectivity index (χ3v) is 2.31. The van der Waals surface area contributed by atoms with Crippen LogP contribution < -0.4 is 0 Å². The molecule has 0 radical (unpaired) electrons. The van der Waals surface area contributed by atoms with E-state index in [1.807, 2.05) is 11.1 Å². The first-order valence-corrected chi connectivity index (χ1v) is 4.37. The summed E-state index contributed by atoms with van der Waals surface area (Å²) in [4.78, 5) is 1.94. The third kappa shape index (κ3) is 2.11. The van der Waals surface area contributed by atoms with E-state index < -0.39 is 0 Å². The first-order chi connectivity index (χ1) is 4.33. The van der Waals surface area contributed by atoms with Gasteiger partial charge in [-0.3, -0.25) is 0 Å². The molecule has 0 spiro atoms. The van der Waals surface area contributed by atoms with E-state index in [0.29, 0.717) is 0 Å². The number of hydrogen-bond acceptors (Lipinski definition) is 0. The second kappa shape index (κ2) is 3.37. The molecule has 0 aromatic rings. The van der Waals surface area contributed by atoms with Gasteiger partial charge in [0.1, 0.15) is 0 Å². The van der Waals surface area contributed by atoms with Crippen molar-refractivity contribution in [3.05, 3.63) is 33.3 Å². The minimum absolute atomic E-state index is 1.02. The maximum absolute atomic E-state index is 3.38. The van der Waals surface area contributed by atoms with Crippen molar-refractivity contribution < 1.29 is 0 Å². The second-order valence-electron chi connectivity index (χ2n) is 1.81. The van der Waals surface area contributed by atoms with Gasteiger partial charge in [0.05, 0.1) is 0 Å². The van der Waals surface area contributed by atoms with E-state index in [1.165, 1.54) is 10.1 Å². The molecule has 0 atom stereocenters. The maximum Gasteiger partial charge on any atom is 0.0138 e. The Hall–Kier alpha value is 0.180. The van der Waals surface area contributed by atoms with Crippen LogP contribution in [0.25, 0.3) is 0 Å². The Kier molecular flexibility index (Phi) is 2.73. The lowest BCUT2D eigenvalue weighted by Crippen LogP contribution is -1.80. The van der Waals surface area contributed by atoms with Crippen LogP contribution in [0.2, 0.25) is 0 Å². The van der Waals surface area contributed by atoms with Crippen molar-refractivity contribution in [3.63, 3.8) is 0 Å². The van der Waals surface area contributed by atoms with E-state index in [-0.39, 0.29) is 0 Å². The molecule has 0 aromatic carbocycles. The number of rotatable bonds is 0. The lowest BCUT2D eigenvalue weighted by atomic mass is 10.1. The first-order valence-electron chi connectivity index (χ1n) is 2.66. The van der Waals surface area contributed by atoms with Crippen molar-refractivity contribution in [2.45, 2.75) is 6.42 Å². The van der Waals surface area contributed by atoms with Crippen molar-refractivity contribution in [1.29, 1.82) is 0 Å². The zero-order valence-electron chi connectivity index (χ0n) is 4.77. The summed E-state index contributed by atoms with van der Waals surface area (Å²) < 4.78 is 1.17. The molecule has 0 unspecified atom stereocenters. The van der Waals surface area contributed by atoms with Crippen LogP contribution in [-0.4, -0.2) is 0 Å². The van der Waals surface area contributed by atoms with Gasteiger partial charge in [-0.1, -0.05) is 44.0 Å². The average Bonchev–Trinajstić information content (AvgIpc) is 1.90. The highest BCUT2D eigenvalue weighted by atomic mass is 79.9. The van der Waals surface area contributed by atoms with E-state index >= 15 is 0 Å². The summed E-state index contributed by atoms with van der Waals surface area (Å²) in [5.41, 5.74) is 1.30. The minimum Gasteiger partial charge on any atom is -0.0658 e. The zero-order valence-corrected chi connectivity index (χ0v) is 7.94. The van der Waals surface area contributed by atoms with Gasteiger partial charge in [-0.15, -0.1) is 0 Å². The van der Waals surface area contributed by atoms with Gasteiger partial charge < -0.3 is 0 Å². The topological polar surface area (TPSA) is 0 Å². The molecular weight excluding hydrogens is 244 g/mol. The van der Waals surface area contributed by atoms with Gasteiger partial charge in [-0.25, -0.2) is 0 Å². The van der Waals surface area contributed by atoms with E-state index in [2.05, 4.69) is 44.0 Å². The van der Waals surface area contributed by atoms with Crippen LogP contribution in [0.5, 0.6) is 0 Å². The Morgan fingerprint density at radius 3 is 2.67 bits per heavy atom. The Bertz CT molecular complexity index is 187. The highest BCUT2D eigenvalue weighted by Crippen LogP contribution is 2.19. The van der Waals surface area contributed by atoms with Gasteiger partial charge in [0.25, 0.3) is 0 Å². The predicted octanol–water partition coefficient (Wildman–Crippen LogP) is 3.50. The van der Waals surface area contributed by atoms with Crippen LogP contribution in [0.4, 0.5) is 0 Å². The highest BCUT2D eigenvalue weighted by Gasteiger charge is 1.95. The molecule has 0 nitrogen and oxygen atoms in total. The molecule has 0 N–H and O–H groups in total. The zero-order chi connectivity index (χ0) is 6.69. The van der Waals surface area contributed by atoms with Crippen LogP contribution in [0, 0.1) is 0 Å². The van der Waals surface area contributed by atoms with Crippen molar-refractivity contribution in [2.75, 3.05) is 0 Å². The average molecular weight is 250 g/mol. The molecule has 1 aliphatic rings. The summed E-state index contributed by atoms with van der Waals surface area (Å²) in [7, 11) is 0. The normalized spacial score (nSPS) is 22.4. The predicted molar refractivity (Wildman–Crippen MR) is 47.8 cm³/mol. The van der Waals surface area contributed by atoms with E-state index in [9.17, 15) is 0 Å². The lowest BCUT2D eigenvalue weighted by molar-refractivity contribution is 1.27. The van der Waals surface area contributed by atoms with Gasteiger partial charge in [0, 0.05) is 4.48 Å². The summed E-state index contributed by atoms with van der Waals surface area (Å²) in [5, 5.41) is 0. The molecule has 48 valence electrons. The summed E-state index contributed by atoms with van der Waals surface area (Å²) in [6.07, 6.45) is 7.27. The van der Waals surface area contributed by atoms with Crippen LogP contribution in [0.1, 0.15) is 6.42 Å². The number of halogens is 2. The molecule has 0 bridgehead atoms. The molecule has 0 amide bonds. The van der Waals surface area contributed by atoms with E-state index in [4.69, 9.17) is 0 Å². The first kappa shape index (κ1) is 7.29. The fourth-order valence-electron chi connectivity index (χ4n) is 0.619. The molecular formula is C7H6Br2. The Labute approximate surface area is 71.6 Å². The Morgan fingerprint density at radius 1 is 1.44 bits per heavy atom. The van der Waals surface area contributed by atoms with E-state index in [0.717, 1.165) is 6.42 Å². The van der Waals surface area contributed by atoms with Gasteiger partial charge in [0.2, 0.25) is 0 Å². The molecule has 9 heavy (non-hydrogen) atoms. The molecule has 0 aromatic heterocycles. The molecule has 2 heteroatoms. The number of hydrogen-bond donors (Lipinski definition) is 0. The van der Waals surface area contributed by atoms with Gasteiger partial charge >= 0.3 is 0 Å². The Balaban J connectivity index is 2.70. The number of allylic oxidation sites excluding steroid dienone is 5. The van der Waals surface area contributed by atoms with Crippen LogP contribution in [-0.2, 0) is 0 Å². The molecule has 1 rings (SSSR count). The fraction of sp³-hybridized carbons (Fsp3) is 0.143. The maximum atomic E-state index is 3.38. The largest absolute Gasteiger partial charge is 0.0658 e. The summed E-state index contributed by atoms with van der Waals surface area (Å²) in [6.45, 7) is 0. The Morgan fingerprint density at radius 2 is 2.22 bits per heavy atom. The van der Waals surface area contributed by atoms with Crippen molar-refractivity contribution in [1.82, 2.24) is 0 Å². The molecule has 0 fully saturated rings. The SMILES string of the molecule is Br/C=C1/C=CC(Br)=CC1. The monoisotopic (exact) mass is 248 g/mol. The van der Waals surface area contributed by atoms with Crippen LogP contribution in [0.15, 0.2) is 33.3 Å². The molecule has 1 aliphatic carbocycles. The molecule has 0 saturated heterocycles. The summed E-state index contributed by atoms with van der Waals surface area (Å²) in [6, 6.07) is 0. The molecule has 0 saturated carbocycles. The summed E-state index contributed by atoms with van der Waals surface area (Å²) in [5.74, 6) is 0. The highest BCUT2D eigenvalue weighted by molar-refractivity contribution is 9.12. The van der Waals surface area contributed by atoms with Crippen LogP contribution in [0.3, 0.4) is 0 Å². The van der Waals surface area contributed by atoms with Crippen molar-refractivity contribution >= 4 is 31.9 Å². The fourth-order valence-corrected chi connectivity index (χ4v) is 1.25. The van der Waals surface area contributed by atoms with Crippen molar-refractivity contribution in [2.24, 2.45) is 0 Å². The second-order valence-corrected chi connectivity index (χ2v) is 3.18. The van der Waals surface area contributed by atoms with Gasteiger partial charge in [-0.2, -0.15) is 0 Å². The van der Waals surface area contributed by atoms with Gasteiger partial charge in [0.15, 0.2) is 0 Å². The summed E-state index contributed by atoms with van der Waals surface area (Å²) >= 11 is 6.65.